The predicted octanol–water partition coefficient (Wildman–Crippen LogP) is 2.65. The number of nitrogens with zero attached hydrogens (tertiary/aromatic N) is 1. The van der Waals surface area contributed by atoms with E-state index in [1.54, 1.807) is 0 Å². The molecule has 1 aromatic rings. The van der Waals surface area contributed by atoms with E-state index in [0.717, 1.165) is 18.4 Å². The van der Waals surface area contributed by atoms with Crippen molar-refractivity contribution in [1.82, 2.24) is 4.90 Å². The first-order valence-electron chi connectivity index (χ1n) is 5.78. The molecule has 84 valence electrons. The summed E-state index contributed by atoms with van der Waals surface area (Å²) >= 11 is 0. The molecule has 3 rings (SSSR count). The lowest BCUT2D eigenvalue weighted by Gasteiger charge is -2.10. The van der Waals surface area contributed by atoms with Gasteiger partial charge in [-0.1, -0.05) is 29.8 Å². The van der Waals surface area contributed by atoms with Crippen LogP contribution in [-0.4, -0.2) is 23.6 Å². The lowest BCUT2D eigenvalue weighted by Crippen LogP contribution is -2.26. The Balaban J connectivity index is 1.77. The van der Waals surface area contributed by atoms with Crippen molar-refractivity contribution in [2.24, 2.45) is 0 Å². The molecule has 1 heterocycles. The fourth-order valence-corrected chi connectivity index (χ4v) is 2.12. The molecular formula is C13H15NO2. The summed E-state index contributed by atoms with van der Waals surface area (Å²) in [5.41, 5.74) is 2.33. The number of carbonyl (C=O) groups is 1. The second kappa shape index (κ2) is 3.51. The minimum absolute atomic E-state index is 0.0753. The van der Waals surface area contributed by atoms with E-state index in [1.807, 2.05) is 17.0 Å². The minimum atomic E-state index is -0.145. The van der Waals surface area contributed by atoms with Crippen LogP contribution < -0.4 is 0 Å². The third kappa shape index (κ3) is 1.66. The van der Waals surface area contributed by atoms with Crippen molar-refractivity contribution in [1.29, 1.82) is 0 Å². The Morgan fingerprint density at radius 2 is 1.94 bits per heavy atom. The van der Waals surface area contributed by atoms with E-state index in [-0.39, 0.29) is 12.2 Å². The van der Waals surface area contributed by atoms with Crippen LogP contribution >= 0.6 is 0 Å². The number of hydrogen-bond acceptors (Lipinski definition) is 2. The number of rotatable bonds is 2. The summed E-state index contributed by atoms with van der Waals surface area (Å²) in [5.74, 6) is 0. The Hall–Kier alpha value is -1.51. The van der Waals surface area contributed by atoms with Gasteiger partial charge in [-0.15, -0.1) is 0 Å². The maximum Gasteiger partial charge on any atom is 0.410 e. The summed E-state index contributed by atoms with van der Waals surface area (Å²) in [6.07, 6.45) is 2.05. The molecule has 2 aliphatic rings. The molecule has 0 bridgehead atoms. The fourth-order valence-electron chi connectivity index (χ4n) is 2.12. The summed E-state index contributed by atoms with van der Waals surface area (Å²) < 4.78 is 5.39. The molecule has 0 radical (unpaired) electrons. The van der Waals surface area contributed by atoms with Gasteiger partial charge in [0.25, 0.3) is 0 Å². The van der Waals surface area contributed by atoms with Crippen LogP contribution in [0.3, 0.4) is 0 Å². The number of carbonyl (C=O) groups excluding carboxylic acids is 1. The Labute approximate surface area is 95.0 Å². The molecule has 0 spiro atoms. The van der Waals surface area contributed by atoms with Crippen LogP contribution in [0, 0.1) is 6.92 Å². The van der Waals surface area contributed by atoms with Crippen molar-refractivity contribution in [3.8, 4) is 0 Å². The number of hydrogen-bond donors (Lipinski definition) is 0. The van der Waals surface area contributed by atoms with E-state index in [2.05, 4.69) is 19.1 Å². The van der Waals surface area contributed by atoms with Crippen LogP contribution in [0.1, 0.15) is 30.1 Å². The van der Waals surface area contributed by atoms with Gasteiger partial charge < -0.3 is 9.64 Å². The quantitative estimate of drug-likeness (QED) is 0.762. The third-order valence-corrected chi connectivity index (χ3v) is 3.28. The van der Waals surface area contributed by atoms with E-state index < -0.39 is 0 Å². The summed E-state index contributed by atoms with van der Waals surface area (Å²) in [5, 5.41) is 0. The van der Waals surface area contributed by atoms with Crippen LogP contribution in [0.15, 0.2) is 24.3 Å². The second-order valence-electron chi connectivity index (χ2n) is 4.67. The average molecular weight is 217 g/mol. The van der Waals surface area contributed by atoms with E-state index in [9.17, 15) is 4.79 Å². The standard InChI is InChI=1S/C13H15NO2/c1-9-2-4-10(5-3-9)12-8-14(11-6-7-11)13(15)16-12/h2-5,11-12H,6-8H2,1H3. The molecule has 1 aromatic carbocycles. The van der Waals surface area contributed by atoms with Crippen LogP contribution in [-0.2, 0) is 4.74 Å². The Kier molecular flexibility index (Phi) is 2.13. The molecule has 0 aromatic heterocycles. The molecule has 0 N–H and O–H groups in total. The lowest BCUT2D eigenvalue weighted by atomic mass is 10.1. The summed E-state index contributed by atoms with van der Waals surface area (Å²) in [7, 11) is 0. The predicted molar refractivity (Wildman–Crippen MR) is 60.1 cm³/mol. The van der Waals surface area contributed by atoms with Gasteiger partial charge in [0, 0.05) is 6.04 Å². The maximum absolute atomic E-state index is 11.6. The van der Waals surface area contributed by atoms with Gasteiger partial charge in [0.2, 0.25) is 0 Å². The third-order valence-electron chi connectivity index (χ3n) is 3.28. The first-order valence-corrected chi connectivity index (χ1v) is 5.78. The molecule has 1 saturated carbocycles. The molecule has 1 aliphatic heterocycles. The van der Waals surface area contributed by atoms with Crippen molar-refractivity contribution in [2.75, 3.05) is 6.54 Å². The van der Waals surface area contributed by atoms with E-state index in [4.69, 9.17) is 4.74 Å². The van der Waals surface area contributed by atoms with Crippen molar-refractivity contribution in [2.45, 2.75) is 31.9 Å². The molecule has 1 unspecified atom stereocenters. The minimum Gasteiger partial charge on any atom is -0.439 e. The summed E-state index contributed by atoms with van der Waals surface area (Å²) in [6.45, 7) is 2.77. The Morgan fingerprint density at radius 3 is 2.56 bits per heavy atom. The van der Waals surface area contributed by atoms with Crippen molar-refractivity contribution in [3.63, 3.8) is 0 Å². The molecule has 1 aliphatic carbocycles. The van der Waals surface area contributed by atoms with Gasteiger partial charge in [0.1, 0.15) is 6.10 Å². The molecule has 3 heteroatoms. The zero-order chi connectivity index (χ0) is 11.1. The normalized spacial score (nSPS) is 24.7. The largest absolute Gasteiger partial charge is 0.439 e. The van der Waals surface area contributed by atoms with Crippen LogP contribution in [0.4, 0.5) is 4.79 Å². The second-order valence-corrected chi connectivity index (χ2v) is 4.67. The van der Waals surface area contributed by atoms with Gasteiger partial charge in [0.15, 0.2) is 0 Å². The summed E-state index contributed by atoms with van der Waals surface area (Å²) in [6, 6.07) is 8.65. The zero-order valence-electron chi connectivity index (χ0n) is 9.35. The van der Waals surface area contributed by atoms with Crippen LogP contribution in [0.25, 0.3) is 0 Å². The topological polar surface area (TPSA) is 29.5 Å². The fraction of sp³-hybridized carbons (Fsp3) is 0.462. The van der Waals surface area contributed by atoms with Crippen molar-refractivity contribution < 1.29 is 9.53 Å². The van der Waals surface area contributed by atoms with Gasteiger partial charge in [-0.25, -0.2) is 4.79 Å². The smallest absolute Gasteiger partial charge is 0.410 e. The highest BCUT2D eigenvalue weighted by Crippen LogP contribution is 2.35. The molecule has 16 heavy (non-hydrogen) atoms. The molecule has 1 saturated heterocycles. The number of cyclic esters (lactones) is 1. The molecule has 1 atom stereocenters. The van der Waals surface area contributed by atoms with Crippen LogP contribution in [0.5, 0.6) is 0 Å². The first kappa shape index (κ1) is 9.70. The molecular weight excluding hydrogens is 202 g/mol. The van der Waals surface area contributed by atoms with Gasteiger partial charge in [-0.3, -0.25) is 0 Å². The van der Waals surface area contributed by atoms with Gasteiger partial charge >= 0.3 is 6.09 Å². The van der Waals surface area contributed by atoms with Gasteiger partial charge in [0.05, 0.1) is 6.54 Å². The Morgan fingerprint density at radius 1 is 1.25 bits per heavy atom. The van der Waals surface area contributed by atoms with Crippen LogP contribution in [0.2, 0.25) is 0 Å². The molecule has 2 fully saturated rings. The van der Waals surface area contributed by atoms with E-state index >= 15 is 0 Å². The van der Waals surface area contributed by atoms with E-state index in [0.29, 0.717) is 12.6 Å². The number of ether oxygens (including phenoxy) is 1. The summed E-state index contributed by atoms with van der Waals surface area (Å²) in [4.78, 5) is 13.5. The van der Waals surface area contributed by atoms with Gasteiger partial charge in [-0.2, -0.15) is 0 Å². The number of aryl methyl sites for hydroxylation is 1. The first-order chi connectivity index (χ1) is 7.74. The SMILES string of the molecule is Cc1ccc(C2CN(C3CC3)C(=O)O2)cc1. The number of amides is 1. The monoisotopic (exact) mass is 217 g/mol. The highest BCUT2D eigenvalue weighted by Gasteiger charge is 2.41. The zero-order valence-corrected chi connectivity index (χ0v) is 9.35. The Bertz CT molecular complexity index is 408. The maximum atomic E-state index is 11.6. The van der Waals surface area contributed by atoms with Crippen molar-refractivity contribution >= 4 is 6.09 Å². The highest BCUT2D eigenvalue weighted by atomic mass is 16.6. The molecule has 1 amide bonds. The highest BCUT2D eigenvalue weighted by molar-refractivity contribution is 5.71. The number of benzene rings is 1. The van der Waals surface area contributed by atoms with E-state index in [1.165, 1.54) is 5.56 Å². The average Bonchev–Trinajstić information content (AvgIpc) is 3.04. The molecule has 3 nitrogen and oxygen atoms in total. The van der Waals surface area contributed by atoms with Gasteiger partial charge in [-0.05, 0) is 25.3 Å². The van der Waals surface area contributed by atoms with Crippen molar-refractivity contribution in [3.05, 3.63) is 35.4 Å². The lowest BCUT2D eigenvalue weighted by molar-refractivity contribution is 0.132.